The first kappa shape index (κ1) is 41.1. The van der Waals surface area contributed by atoms with Gasteiger partial charge < -0.3 is 35.9 Å². The molecule has 3 amide bonds. The van der Waals surface area contributed by atoms with E-state index in [1.165, 1.54) is 6.07 Å². The number of amidine groups is 1. The minimum Gasteiger partial charge on any atom is -0.478 e. The predicted octanol–water partition coefficient (Wildman–Crippen LogP) is 7.26. The SMILES string of the molecule is CCC[C@@H](CCNC(=O)OCc1ccccc1)NC(=O)c1ccc(-c2ccc(OCC)nc2C(=O)Nc2ccc(C(=N)N)cc2)c(C(=O)OCc2ccccc2)c1. The highest BCUT2D eigenvalue weighted by atomic mass is 16.5. The van der Waals surface area contributed by atoms with Crippen molar-refractivity contribution in [1.29, 1.82) is 5.41 Å². The number of carbonyl (C=O) groups excluding carboxylic acids is 4. The monoisotopic (exact) mass is 770 g/mol. The predicted molar refractivity (Wildman–Crippen MR) is 217 cm³/mol. The van der Waals surface area contributed by atoms with Crippen LogP contribution in [-0.4, -0.2) is 53.9 Å². The molecule has 13 nitrogen and oxygen atoms in total. The van der Waals surface area contributed by atoms with Gasteiger partial charge in [0.25, 0.3) is 11.8 Å². The Morgan fingerprint density at radius 1 is 0.737 bits per heavy atom. The summed E-state index contributed by atoms with van der Waals surface area (Å²) in [5, 5.41) is 16.3. The molecule has 5 aromatic rings. The Kier molecular flexibility index (Phi) is 14.9. The summed E-state index contributed by atoms with van der Waals surface area (Å²) in [6.07, 6.45) is 1.30. The molecule has 57 heavy (non-hydrogen) atoms. The fourth-order valence-electron chi connectivity index (χ4n) is 5.90. The number of ether oxygens (including phenoxy) is 3. The third kappa shape index (κ3) is 12.0. The molecule has 0 saturated heterocycles. The van der Waals surface area contributed by atoms with Crippen molar-refractivity contribution in [2.75, 3.05) is 18.5 Å². The van der Waals surface area contributed by atoms with Crippen molar-refractivity contribution in [3.05, 3.63) is 149 Å². The van der Waals surface area contributed by atoms with E-state index in [-0.39, 0.29) is 54.3 Å². The van der Waals surface area contributed by atoms with E-state index in [1.54, 1.807) is 55.5 Å². The summed E-state index contributed by atoms with van der Waals surface area (Å²) in [5.74, 6) is -1.65. The number of pyridine rings is 1. The summed E-state index contributed by atoms with van der Waals surface area (Å²) in [7, 11) is 0. The van der Waals surface area contributed by atoms with Gasteiger partial charge in [-0.2, -0.15) is 0 Å². The van der Waals surface area contributed by atoms with Gasteiger partial charge in [0.1, 0.15) is 24.7 Å². The molecule has 0 radical (unpaired) electrons. The molecule has 1 atom stereocenters. The zero-order chi connectivity index (χ0) is 40.6. The number of carbonyl (C=O) groups is 4. The maximum Gasteiger partial charge on any atom is 0.407 e. The number of rotatable bonds is 18. The lowest BCUT2D eigenvalue weighted by Crippen LogP contribution is -2.38. The summed E-state index contributed by atoms with van der Waals surface area (Å²) in [6.45, 7) is 4.47. The van der Waals surface area contributed by atoms with Crippen LogP contribution in [0.5, 0.6) is 5.88 Å². The number of benzene rings is 4. The quantitative estimate of drug-likeness (QED) is 0.0346. The van der Waals surface area contributed by atoms with Crippen molar-refractivity contribution in [2.24, 2.45) is 5.73 Å². The van der Waals surface area contributed by atoms with E-state index in [0.29, 0.717) is 41.8 Å². The van der Waals surface area contributed by atoms with E-state index in [9.17, 15) is 19.2 Å². The van der Waals surface area contributed by atoms with Gasteiger partial charge in [0.2, 0.25) is 5.88 Å². The lowest BCUT2D eigenvalue weighted by molar-refractivity contribution is 0.0473. The number of nitrogens with zero attached hydrogens (tertiary/aromatic N) is 1. The molecule has 294 valence electrons. The van der Waals surface area contributed by atoms with Gasteiger partial charge in [0.05, 0.1) is 12.2 Å². The Hall–Kier alpha value is -7.02. The standard InChI is InChI=1S/C44H46N6O7/c1-3-11-33(24-25-47-44(54)57-28-30-14-9-6-10-15-30)48-41(51)32-18-21-35(37(26-32)43(53)56-27-29-12-7-5-8-13-29)36-22-23-38(55-4-2)50-39(36)42(52)49-34-19-16-31(17-20-34)40(45)46/h5-10,12-23,26,33H,3-4,11,24-25,27-28H2,1-2H3,(H3,45,46)(H,47,54)(H,48,51)(H,49,52)/t33-/m0/s1. The second-order valence-electron chi connectivity index (χ2n) is 13.0. The molecule has 0 aliphatic carbocycles. The minimum absolute atomic E-state index is 0.0278. The Morgan fingerprint density at radius 2 is 1.37 bits per heavy atom. The smallest absolute Gasteiger partial charge is 0.407 e. The Morgan fingerprint density at radius 3 is 2.00 bits per heavy atom. The van der Waals surface area contributed by atoms with Crippen LogP contribution in [0.15, 0.2) is 115 Å². The Bertz CT molecular complexity index is 2160. The number of amides is 3. The van der Waals surface area contributed by atoms with Crippen LogP contribution in [0.3, 0.4) is 0 Å². The molecule has 5 rings (SSSR count). The first-order chi connectivity index (χ1) is 27.6. The van der Waals surface area contributed by atoms with Gasteiger partial charge in [-0.1, -0.05) is 80.1 Å². The molecule has 0 saturated carbocycles. The van der Waals surface area contributed by atoms with Crippen LogP contribution in [0.25, 0.3) is 11.1 Å². The van der Waals surface area contributed by atoms with Crippen LogP contribution in [0.4, 0.5) is 10.5 Å². The zero-order valence-electron chi connectivity index (χ0n) is 31.9. The highest BCUT2D eigenvalue weighted by Crippen LogP contribution is 2.31. The molecule has 13 heteroatoms. The molecular weight excluding hydrogens is 725 g/mol. The molecule has 0 spiro atoms. The summed E-state index contributed by atoms with van der Waals surface area (Å²) in [5.41, 5.74) is 8.94. The number of nitrogen functional groups attached to an aromatic ring is 1. The lowest BCUT2D eigenvalue weighted by Gasteiger charge is -2.19. The molecule has 1 aromatic heterocycles. The highest BCUT2D eigenvalue weighted by molar-refractivity contribution is 6.10. The van der Waals surface area contributed by atoms with Crippen molar-refractivity contribution in [2.45, 2.75) is 52.4 Å². The number of anilines is 1. The Labute approximate surface area is 331 Å². The van der Waals surface area contributed by atoms with E-state index in [0.717, 1.165) is 17.5 Å². The molecule has 0 aliphatic rings. The first-order valence-corrected chi connectivity index (χ1v) is 18.7. The maximum atomic E-state index is 13.9. The fourth-order valence-corrected chi connectivity index (χ4v) is 5.90. The van der Waals surface area contributed by atoms with Gasteiger partial charge >= 0.3 is 12.1 Å². The summed E-state index contributed by atoms with van der Waals surface area (Å²) >= 11 is 0. The third-order valence-electron chi connectivity index (χ3n) is 8.78. The van der Waals surface area contributed by atoms with Crippen molar-refractivity contribution in [3.63, 3.8) is 0 Å². The normalized spacial score (nSPS) is 11.1. The molecule has 0 unspecified atom stereocenters. The molecule has 4 aromatic carbocycles. The van der Waals surface area contributed by atoms with Gasteiger partial charge in [0.15, 0.2) is 0 Å². The van der Waals surface area contributed by atoms with E-state index < -0.39 is 23.9 Å². The number of hydrogen-bond donors (Lipinski definition) is 5. The molecule has 0 fully saturated rings. The highest BCUT2D eigenvalue weighted by Gasteiger charge is 2.24. The van der Waals surface area contributed by atoms with Crippen molar-refractivity contribution < 1.29 is 33.4 Å². The van der Waals surface area contributed by atoms with Crippen LogP contribution in [0.2, 0.25) is 0 Å². The number of esters is 1. The number of alkyl carbamates (subject to hydrolysis) is 1. The number of nitrogens with one attached hydrogen (secondary N) is 4. The third-order valence-corrected chi connectivity index (χ3v) is 8.78. The van der Waals surface area contributed by atoms with Crippen LogP contribution in [0, 0.1) is 5.41 Å². The van der Waals surface area contributed by atoms with E-state index in [1.807, 2.05) is 67.6 Å². The average Bonchev–Trinajstić information content (AvgIpc) is 3.23. The first-order valence-electron chi connectivity index (χ1n) is 18.7. The Balaban J connectivity index is 1.40. The second kappa shape index (κ2) is 20.6. The minimum atomic E-state index is -0.716. The average molecular weight is 771 g/mol. The fraction of sp³-hybridized carbons (Fsp3) is 0.227. The van der Waals surface area contributed by atoms with E-state index in [4.69, 9.17) is 25.4 Å². The number of hydrogen-bond acceptors (Lipinski definition) is 9. The molecule has 0 bridgehead atoms. The van der Waals surface area contributed by atoms with Gasteiger partial charge in [-0.3, -0.25) is 15.0 Å². The van der Waals surface area contributed by atoms with Crippen molar-refractivity contribution in [1.82, 2.24) is 15.6 Å². The molecule has 6 N–H and O–H groups in total. The van der Waals surface area contributed by atoms with Crippen LogP contribution >= 0.6 is 0 Å². The molecule has 0 aliphatic heterocycles. The molecule has 1 heterocycles. The van der Waals surface area contributed by atoms with Crippen LogP contribution in [0.1, 0.15) is 81.0 Å². The van der Waals surface area contributed by atoms with Crippen molar-refractivity contribution in [3.8, 4) is 17.0 Å². The number of nitrogens with two attached hydrogens (primary N) is 1. The second-order valence-corrected chi connectivity index (χ2v) is 13.0. The summed E-state index contributed by atoms with van der Waals surface area (Å²) in [4.78, 5) is 58.3. The van der Waals surface area contributed by atoms with Gasteiger partial charge in [-0.15, -0.1) is 0 Å². The number of aromatic nitrogens is 1. The topological polar surface area (TPSA) is 195 Å². The summed E-state index contributed by atoms with van der Waals surface area (Å²) in [6, 6.07) is 32.5. The van der Waals surface area contributed by atoms with Gasteiger partial charge in [-0.05, 0) is 78.9 Å². The largest absolute Gasteiger partial charge is 0.478 e. The van der Waals surface area contributed by atoms with Crippen LogP contribution < -0.4 is 26.4 Å². The zero-order valence-corrected chi connectivity index (χ0v) is 31.9. The van der Waals surface area contributed by atoms with E-state index in [2.05, 4.69) is 20.9 Å². The summed E-state index contributed by atoms with van der Waals surface area (Å²) < 4.78 is 16.7. The van der Waals surface area contributed by atoms with E-state index >= 15 is 0 Å². The molecular formula is C44H46N6O7. The van der Waals surface area contributed by atoms with Gasteiger partial charge in [-0.25, -0.2) is 14.6 Å². The maximum absolute atomic E-state index is 13.9. The lowest BCUT2D eigenvalue weighted by atomic mass is 9.95. The van der Waals surface area contributed by atoms with Gasteiger partial charge in [0, 0.05) is 41.0 Å². The van der Waals surface area contributed by atoms with Crippen LogP contribution in [-0.2, 0) is 22.7 Å². The van der Waals surface area contributed by atoms with Crippen molar-refractivity contribution >= 4 is 35.4 Å².